The van der Waals surface area contributed by atoms with Crippen LogP contribution in [0.25, 0.3) is 16.2 Å². The molecule has 0 aliphatic heterocycles. The van der Waals surface area contributed by atoms with Gasteiger partial charge in [-0.15, -0.1) is 0 Å². The number of hydrogen-bond donors (Lipinski definition) is 1. The lowest BCUT2D eigenvalue weighted by atomic mass is 10.1. The van der Waals surface area contributed by atoms with Crippen LogP contribution in [-0.2, 0) is 13.0 Å². The van der Waals surface area contributed by atoms with Crippen molar-refractivity contribution >= 4 is 16.3 Å². The van der Waals surface area contributed by atoms with Crippen molar-refractivity contribution < 1.29 is 0 Å². The van der Waals surface area contributed by atoms with Crippen LogP contribution >= 0.6 is 11.3 Å². The van der Waals surface area contributed by atoms with Crippen molar-refractivity contribution in [1.29, 1.82) is 0 Å². The Balaban J connectivity index is 1.99. The minimum absolute atomic E-state index is 0.569. The van der Waals surface area contributed by atoms with Crippen LogP contribution < -0.4 is 5.73 Å². The minimum Gasteiger partial charge on any atom is -0.326 e. The fraction of sp³-hybridized carbons (Fsp3) is 0.231. The van der Waals surface area contributed by atoms with Crippen molar-refractivity contribution in [3.05, 3.63) is 41.0 Å². The van der Waals surface area contributed by atoms with Gasteiger partial charge in [0.1, 0.15) is 5.01 Å². The van der Waals surface area contributed by atoms with Crippen molar-refractivity contribution in [2.24, 2.45) is 5.73 Å². The van der Waals surface area contributed by atoms with Gasteiger partial charge < -0.3 is 5.73 Å². The average molecular weight is 258 g/mol. The maximum absolute atomic E-state index is 5.59. The van der Waals surface area contributed by atoms with Crippen molar-refractivity contribution in [1.82, 2.24) is 14.6 Å². The number of hydrogen-bond acceptors (Lipinski definition) is 4. The van der Waals surface area contributed by atoms with Gasteiger partial charge in [-0.05, 0) is 12.0 Å². The number of rotatable bonds is 3. The fourth-order valence-electron chi connectivity index (χ4n) is 1.83. The first-order chi connectivity index (χ1) is 8.80. The molecule has 0 saturated carbocycles. The van der Waals surface area contributed by atoms with Gasteiger partial charge in [-0.25, -0.2) is 9.50 Å². The van der Waals surface area contributed by atoms with E-state index in [1.54, 1.807) is 11.3 Å². The van der Waals surface area contributed by atoms with Gasteiger partial charge in [-0.3, -0.25) is 0 Å². The van der Waals surface area contributed by atoms with Gasteiger partial charge >= 0.3 is 0 Å². The summed E-state index contributed by atoms with van der Waals surface area (Å²) in [6.45, 7) is 2.67. The molecule has 2 heterocycles. The summed E-state index contributed by atoms with van der Waals surface area (Å²) in [6, 6.07) is 8.17. The third-order valence-electron chi connectivity index (χ3n) is 2.87. The second-order valence-corrected chi connectivity index (χ2v) is 5.14. The second-order valence-electron chi connectivity index (χ2n) is 4.10. The maximum atomic E-state index is 5.59. The quantitative estimate of drug-likeness (QED) is 0.785. The van der Waals surface area contributed by atoms with Gasteiger partial charge in [0.2, 0.25) is 4.96 Å². The average Bonchev–Trinajstić information content (AvgIpc) is 2.96. The van der Waals surface area contributed by atoms with Crippen LogP contribution in [0.1, 0.15) is 17.5 Å². The summed E-state index contributed by atoms with van der Waals surface area (Å²) in [5.41, 5.74) is 8.78. The standard InChI is InChI=1S/C13H14N4S/c1-2-12-16-17-8-11(15-13(17)18-12)10-5-3-9(7-14)4-6-10/h3-6,8H,2,7,14H2,1H3. The zero-order valence-corrected chi connectivity index (χ0v) is 10.9. The molecule has 3 aromatic rings. The molecule has 0 unspecified atom stereocenters. The highest BCUT2D eigenvalue weighted by molar-refractivity contribution is 7.16. The van der Waals surface area contributed by atoms with Gasteiger partial charge in [0, 0.05) is 12.1 Å². The molecule has 0 aliphatic rings. The lowest BCUT2D eigenvalue weighted by Crippen LogP contribution is -1.95. The van der Waals surface area contributed by atoms with E-state index in [1.165, 1.54) is 0 Å². The normalized spacial score (nSPS) is 11.2. The van der Waals surface area contributed by atoms with Crippen molar-refractivity contribution in [3.8, 4) is 11.3 Å². The first-order valence-electron chi connectivity index (χ1n) is 5.94. The molecule has 5 heteroatoms. The number of aryl methyl sites for hydroxylation is 1. The van der Waals surface area contributed by atoms with Gasteiger partial charge in [-0.2, -0.15) is 5.10 Å². The third kappa shape index (κ3) is 1.91. The van der Waals surface area contributed by atoms with Gasteiger partial charge in [0.15, 0.2) is 0 Å². The monoisotopic (exact) mass is 258 g/mol. The van der Waals surface area contributed by atoms with Crippen LogP contribution in [0, 0.1) is 0 Å². The van der Waals surface area contributed by atoms with E-state index in [-0.39, 0.29) is 0 Å². The summed E-state index contributed by atoms with van der Waals surface area (Å²) in [4.78, 5) is 5.54. The Morgan fingerprint density at radius 3 is 2.67 bits per heavy atom. The Labute approximate surface area is 109 Å². The summed E-state index contributed by atoms with van der Waals surface area (Å²) < 4.78 is 1.86. The van der Waals surface area contributed by atoms with Crippen LogP contribution in [0.4, 0.5) is 0 Å². The topological polar surface area (TPSA) is 56.2 Å². The largest absolute Gasteiger partial charge is 0.326 e. The highest BCUT2D eigenvalue weighted by Crippen LogP contribution is 2.22. The summed E-state index contributed by atoms with van der Waals surface area (Å²) in [5.74, 6) is 0. The number of nitrogens with zero attached hydrogens (tertiary/aromatic N) is 3. The molecule has 18 heavy (non-hydrogen) atoms. The molecule has 0 spiro atoms. The number of imidazole rings is 1. The molecule has 0 fully saturated rings. The van der Waals surface area contributed by atoms with Gasteiger partial charge in [0.25, 0.3) is 0 Å². The summed E-state index contributed by atoms with van der Waals surface area (Å²) in [7, 11) is 0. The van der Waals surface area contributed by atoms with Crippen LogP contribution in [0.2, 0.25) is 0 Å². The summed E-state index contributed by atoms with van der Waals surface area (Å²) in [5, 5.41) is 5.58. The second kappa shape index (κ2) is 4.51. The molecule has 4 nitrogen and oxygen atoms in total. The molecule has 2 N–H and O–H groups in total. The molecular weight excluding hydrogens is 244 g/mol. The molecule has 92 valence electrons. The molecule has 1 aromatic carbocycles. The number of benzene rings is 1. The van der Waals surface area contributed by atoms with E-state index in [1.807, 2.05) is 22.8 Å². The lowest BCUT2D eigenvalue weighted by Gasteiger charge is -1.98. The molecular formula is C13H14N4S. The van der Waals surface area contributed by atoms with E-state index in [0.29, 0.717) is 6.54 Å². The Morgan fingerprint density at radius 1 is 1.28 bits per heavy atom. The van der Waals surface area contributed by atoms with Crippen LogP contribution in [0.3, 0.4) is 0 Å². The number of nitrogens with two attached hydrogens (primary N) is 1. The molecule has 0 bridgehead atoms. The van der Waals surface area contributed by atoms with Crippen molar-refractivity contribution in [3.63, 3.8) is 0 Å². The fourth-order valence-corrected chi connectivity index (χ4v) is 2.65. The SMILES string of the molecule is CCc1nn2cc(-c3ccc(CN)cc3)nc2s1. The molecule has 2 aromatic heterocycles. The summed E-state index contributed by atoms with van der Waals surface area (Å²) in [6.07, 6.45) is 2.93. The molecule has 0 atom stereocenters. The van der Waals surface area contributed by atoms with Crippen LogP contribution in [0.15, 0.2) is 30.5 Å². The van der Waals surface area contributed by atoms with Crippen LogP contribution in [0.5, 0.6) is 0 Å². The van der Waals surface area contributed by atoms with Crippen LogP contribution in [-0.4, -0.2) is 14.6 Å². The van der Waals surface area contributed by atoms with Gasteiger partial charge in [-0.1, -0.05) is 42.5 Å². The van der Waals surface area contributed by atoms with Crippen molar-refractivity contribution in [2.75, 3.05) is 0 Å². The number of aromatic nitrogens is 3. The predicted octanol–water partition coefficient (Wildman–Crippen LogP) is 2.48. The highest BCUT2D eigenvalue weighted by Gasteiger charge is 2.08. The van der Waals surface area contributed by atoms with E-state index in [4.69, 9.17) is 5.73 Å². The highest BCUT2D eigenvalue weighted by atomic mass is 32.1. The van der Waals surface area contributed by atoms with E-state index in [9.17, 15) is 0 Å². The zero-order valence-electron chi connectivity index (χ0n) is 10.1. The first kappa shape index (κ1) is 11.4. The Hall–Kier alpha value is -1.72. The Kier molecular flexibility index (Phi) is 2.85. The van der Waals surface area contributed by atoms with E-state index < -0.39 is 0 Å². The predicted molar refractivity (Wildman–Crippen MR) is 73.6 cm³/mol. The van der Waals surface area contributed by atoms with E-state index in [0.717, 1.165) is 33.2 Å². The summed E-state index contributed by atoms with van der Waals surface area (Å²) >= 11 is 1.64. The smallest absolute Gasteiger partial charge is 0.212 e. The molecule has 3 rings (SSSR count). The molecule has 0 radical (unpaired) electrons. The molecule has 0 amide bonds. The van der Waals surface area contributed by atoms with Crippen molar-refractivity contribution in [2.45, 2.75) is 19.9 Å². The minimum atomic E-state index is 0.569. The number of fused-ring (bicyclic) bond motifs is 1. The maximum Gasteiger partial charge on any atom is 0.212 e. The molecule has 0 saturated heterocycles. The van der Waals surface area contributed by atoms with E-state index in [2.05, 4.69) is 29.1 Å². The Morgan fingerprint density at radius 2 is 2.06 bits per heavy atom. The third-order valence-corrected chi connectivity index (χ3v) is 3.94. The molecule has 0 aliphatic carbocycles. The lowest BCUT2D eigenvalue weighted by molar-refractivity contribution is 0.910. The zero-order chi connectivity index (χ0) is 12.5. The first-order valence-corrected chi connectivity index (χ1v) is 6.76. The van der Waals surface area contributed by atoms with E-state index >= 15 is 0 Å². The van der Waals surface area contributed by atoms with Gasteiger partial charge in [0.05, 0.1) is 11.9 Å². The Bertz CT molecular complexity index is 634.